The van der Waals surface area contributed by atoms with E-state index in [1.165, 1.54) is 12.0 Å². The summed E-state index contributed by atoms with van der Waals surface area (Å²) in [5.41, 5.74) is -1.53. The Hall–Kier alpha value is -4.47. The van der Waals surface area contributed by atoms with Crippen molar-refractivity contribution in [3.63, 3.8) is 0 Å². The van der Waals surface area contributed by atoms with Gasteiger partial charge in [0, 0.05) is 12.3 Å². The summed E-state index contributed by atoms with van der Waals surface area (Å²) in [6.07, 6.45) is 7.03. The number of carbonyl (C=O) groups is 4. The summed E-state index contributed by atoms with van der Waals surface area (Å²) in [5, 5.41) is 15.6. The van der Waals surface area contributed by atoms with Crippen LogP contribution in [0.15, 0.2) is 36.4 Å². The molecule has 4 amide bonds. The molecular weight excluding hydrogens is 753 g/mol. The monoisotopic (exact) mass is 806 g/mol. The molecule has 4 saturated carbocycles. The molecule has 4 aliphatic carbocycles. The fourth-order valence-electron chi connectivity index (χ4n) is 9.57. The summed E-state index contributed by atoms with van der Waals surface area (Å²) in [6.45, 7) is 7.80. The van der Waals surface area contributed by atoms with Crippen LogP contribution in [0.25, 0.3) is 10.8 Å². The van der Waals surface area contributed by atoms with Gasteiger partial charge in [-0.1, -0.05) is 45.1 Å². The summed E-state index contributed by atoms with van der Waals surface area (Å²) in [4.78, 5) is 58.4. The van der Waals surface area contributed by atoms with Crippen LogP contribution in [-0.4, -0.2) is 95.6 Å². The van der Waals surface area contributed by atoms with E-state index in [1.54, 1.807) is 6.92 Å². The van der Waals surface area contributed by atoms with Crippen LogP contribution in [0.1, 0.15) is 85.5 Å². The highest BCUT2D eigenvalue weighted by atomic mass is 32.2. The summed E-state index contributed by atoms with van der Waals surface area (Å²) >= 11 is 0. The Labute approximate surface area is 333 Å². The molecule has 11 atom stereocenters. The van der Waals surface area contributed by atoms with Crippen LogP contribution >= 0.6 is 0 Å². The topological polar surface area (TPSA) is 195 Å². The lowest BCUT2D eigenvalue weighted by molar-refractivity contribution is -0.142. The molecule has 1 aromatic heterocycles. The maximum absolute atomic E-state index is 14.9. The van der Waals surface area contributed by atoms with Crippen molar-refractivity contribution in [2.45, 2.75) is 120 Å². The van der Waals surface area contributed by atoms with Gasteiger partial charge in [0.15, 0.2) is 0 Å². The van der Waals surface area contributed by atoms with Gasteiger partial charge in [-0.2, -0.15) is 0 Å². The third-order valence-electron chi connectivity index (χ3n) is 13.7. The fraction of sp³-hybridized carbons (Fsp3) is 0.659. The SMILES string of the molecule is COc1nnc(O[C@@H]2C[C@H]3C(=O)N[C@]4(C(=O)NS(=O)(=O)C5(C)CC5)C[C@H]4/C=C\CC[C@H](C)C[C@@H](C)[C@H](NC(=O)OC4C[C@@H]5C(C)[C@@H]5C4)C(=O)N3C2)c2ccccc12. The smallest absolute Gasteiger partial charge is 0.408 e. The number of methoxy groups -OCH3 is 1. The van der Waals surface area contributed by atoms with E-state index in [4.69, 9.17) is 14.2 Å². The maximum atomic E-state index is 14.9. The lowest BCUT2D eigenvalue weighted by atomic mass is 9.88. The molecule has 3 heterocycles. The molecule has 6 aliphatic rings. The van der Waals surface area contributed by atoms with Gasteiger partial charge < -0.3 is 29.7 Å². The molecule has 0 radical (unpaired) electrons. The van der Waals surface area contributed by atoms with Crippen molar-refractivity contribution >= 4 is 44.6 Å². The molecule has 0 bridgehead atoms. The number of alkyl carbamates (subject to hydrolysis) is 1. The molecule has 308 valence electrons. The van der Waals surface area contributed by atoms with Gasteiger partial charge in [0.25, 0.3) is 5.91 Å². The minimum Gasteiger partial charge on any atom is -0.479 e. The summed E-state index contributed by atoms with van der Waals surface area (Å²) in [5.74, 6) is -0.227. The number of aromatic nitrogens is 2. The van der Waals surface area contributed by atoms with Gasteiger partial charge in [0.05, 0.1) is 29.2 Å². The standard InChI is InChI=1S/C41H54N6O9S/c1-22-10-6-7-11-25-20-41(25,38(50)46-57(52,53)40(4)14-15-40)43-34(48)32-19-27(55-36-29-13-9-8-12-28(29)35(54-5)44-45-36)21-47(32)37(49)33(23(2)16-22)42-39(51)56-26-17-30-24(3)31(30)18-26/h7-9,11-13,22-27,30-33H,6,10,14-21H2,1-5H3,(H,42,51)(H,43,48)(H,46,50)/b11-7-/t22-,23+,24?,25+,26?,27+,30-,31+,32-,33-,41+/m0/s1. The molecule has 1 saturated heterocycles. The maximum Gasteiger partial charge on any atom is 0.408 e. The van der Waals surface area contributed by atoms with Gasteiger partial charge in [-0.3, -0.25) is 19.1 Å². The Balaban J connectivity index is 1.10. The van der Waals surface area contributed by atoms with E-state index in [-0.39, 0.29) is 43.2 Å². The molecular formula is C41H54N6O9S. The number of carbonyl (C=O) groups excluding carboxylic acids is 4. The zero-order valence-electron chi connectivity index (χ0n) is 33.2. The van der Waals surface area contributed by atoms with Crippen molar-refractivity contribution < 1.29 is 41.8 Å². The van der Waals surface area contributed by atoms with Crippen molar-refractivity contribution in [1.29, 1.82) is 0 Å². The predicted octanol–water partition coefficient (Wildman–Crippen LogP) is 4.01. The van der Waals surface area contributed by atoms with Gasteiger partial charge in [-0.15, -0.1) is 10.2 Å². The van der Waals surface area contributed by atoms with Crippen molar-refractivity contribution in [1.82, 2.24) is 30.5 Å². The first-order chi connectivity index (χ1) is 27.1. The van der Waals surface area contributed by atoms with E-state index in [0.717, 1.165) is 19.3 Å². The van der Waals surface area contributed by atoms with Crippen molar-refractivity contribution in [3.8, 4) is 11.8 Å². The van der Waals surface area contributed by atoms with E-state index in [1.807, 2.05) is 43.3 Å². The zero-order valence-corrected chi connectivity index (χ0v) is 34.0. The summed E-state index contributed by atoms with van der Waals surface area (Å²) in [7, 11) is -2.50. The van der Waals surface area contributed by atoms with Gasteiger partial charge in [0.2, 0.25) is 33.6 Å². The van der Waals surface area contributed by atoms with Gasteiger partial charge in [-0.25, -0.2) is 13.2 Å². The molecule has 0 spiro atoms. The number of benzene rings is 1. The molecule has 2 aliphatic heterocycles. The fourth-order valence-corrected chi connectivity index (χ4v) is 10.9. The van der Waals surface area contributed by atoms with Crippen LogP contribution in [-0.2, 0) is 29.1 Å². The van der Waals surface area contributed by atoms with Gasteiger partial charge >= 0.3 is 6.09 Å². The largest absolute Gasteiger partial charge is 0.479 e. The van der Waals surface area contributed by atoms with E-state index in [0.29, 0.717) is 60.1 Å². The second kappa shape index (κ2) is 14.7. The number of nitrogens with one attached hydrogen (secondary N) is 3. The van der Waals surface area contributed by atoms with E-state index in [2.05, 4.69) is 39.4 Å². The van der Waals surface area contributed by atoms with E-state index in [9.17, 15) is 27.6 Å². The Bertz CT molecular complexity index is 2080. The Kier molecular flexibility index (Phi) is 10.2. The quantitative estimate of drug-likeness (QED) is 0.326. The lowest BCUT2D eigenvalue weighted by Crippen LogP contribution is -2.59. The third-order valence-corrected chi connectivity index (χ3v) is 15.9. The predicted molar refractivity (Wildman–Crippen MR) is 208 cm³/mol. The molecule has 8 rings (SSSR count). The van der Waals surface area contributed by atoms with E-state index < -0.39 is 68.2 Å². The van der Waals surface area contributed by atoms with Crippen LogP contribution in [0.5, 0.6) is 11.8 Å². The molecule has 3 N–H and O–H groups in total. The average molecular weight is 807 g/mol. The number of amides is 4. The summed E-state index contributed by atoms with van der Waals surface area (Å²) < 4.78 is 45.4. The number of sulfonamides is 1. The molecule has 57 heavy (non-hydrogen) atoms. The molecule has 16 heteroatoms. The van der Waals surface area contributed by atoms with Crippen LogP contribution in [0, 0.1) is 35.5 Å². The Morgan fingerprint density at radius 1 is 0.965 bits per heavy atom. The molecule has 2 unspecified atom stereocenters. The highest BCUT2D eigenvalue weighted by molar-refractivity contribution is 7.91. The normalized spacial score (nSPS) is 36.3. The molecule has 1 aromatic carbocycles. The van der Waals surface area contributed by atoms with Gasteiger partial charge in [0.1, 0.15) is 29.8 Å². The lowest BCUT2D eigenvalue weighted by Gasteiger charge is -2.33. The highest BCUT2D eigenvalue weighted by Gasteiger charge is 2.63. The highest BCUT2D eigenvalue weighted by Crippen LogP contribution is 2.57. The number of nitrogens with zero attached hydrogens (tertiary/aromatic N) is 3. The number of fused-ring (bicyclic) bond motifs is 4. The number of hydrogen-bond donors (Lipinski definition) is 3. The minimum atomic E-state index is -4.00. The first-order valence-corrected chi connectivity index (χ1v) is 21.9. The number of hydrogen-bond acceptors (Lipinski definition) is 11. The first kappa shape index (κ1) is 39.4. The molecule has 5 fully saturated rings. The summed E-state index contributed by atoms with van der Waals surface area (Å²) in [6, 6.07) is 5.15. The van der Waals surface area contributed by atoms with Crippen LogP contribution < -0.4 is 24.8 Å². The molecule has 2 aromatic rings. The Morgan fingerprint density at radius 2 is 1.65 bits per heavy atom. The third kappa shape index (κ3) is 7.53. The minimum absolute atomic E-state index is 0.0270. The second-order valence-electron chi connectivity index (χ2n) is 17.8. The average Bonchev–Trinajstić information content (AvgIpc) is 4.10. The van der Waals surface area contributed by atoms with Crippen LogP contribution in [0.4, 0.5) is 4.79 Å². The van der Waals surface area contributed by atoms with Crippen molar-refractivity contribution in [2.24, 2.45) is 35.5 Å². The number of rotatable bonds is 8. The number of allylic oxidation sites excluding steroid dienone is 1. The first-order valence-electron chi connectivity index (χ1n) is 20.4. The van der Waals surface area contributed by atoms with Crippen LogP contribution in [0.3, 0.4) is 0 Å². The number of ether oxygens (including phenoxy) is 3. The van der Waals surface area contributed by atoms with Crippen molar-refractivity contribution in [3.05, 3.63) is 36.4 Å². The van der Waals surface area contributed by atoms with Crippen LogP contribution in [0.2, 0.25) is 0 Å². The second-order valence-corrected chi connectivity index (χ2v) is 20.0. The molecule has 15 nitrogen and oxygen atoms in total. The zero-order chi connectivity index (χ0) is 40.4. The van der Waals surface area contributed by atoms with Gasteiger partial charge in [-0.05, 0) is 100 Å². The Morgan fingerprint density at radius 3 is 2.33 bits per heavy atom. The van der Waals surface area contributed by atoms with E-state index >= 15 is 0 Å². The van der Waals surface area contributed by atoms with Crippen molar-refractivity contribution in [2.75, 3.05) is 13.7 Å².